The molecule has 0 unspecified atom stereocenters. The van der Waals surface area contributed by atoms with Gasteiger partial charge in [0.05, 0.1) is 6.04 Å². The summed E-state index contributed by atoms with van der Waals surface area (Å²) in [6.45, 7) is 1.74. The maximum absolute atomic E-state index is 5.96. The Bertz CT molecular complexity index is 876. The predicted octanol–water partition coefficient (Wildman–Crippen LogP) is 4.34. The van der Waals surface area contributed by atoms with Gasteiger partial charge in [0.25, 0.3) is 0 Å². The van der Waals surface area contributed by atoms with Gasteiger partial charge < -0.3 is 14.8 Å². The minimum absolute atomic E-state index is 0.0461. The molecular formula is C19H17ClN4S. The van der Waals surface area contributed by atoms with Crippen LogP contribution >= 0.6 is 23.8 Å². The van der Waals surface area contributed by atoms with Crippen LogP contribution in [-0.4, -0.2) is 26.1 Å². The Hall–Kier alpha value is -2.37. The SMILES string of the molecule is S=C(Nc1ccc(Cl)cc1)N1CCn2cccc2[C@H]1c1cccnc1. The smallest absolute Gasteiger partial charge is 0.174 e. The Kier molecular flexibility index (Phi) is 4.42. The Morgan fingerprint density at radius 3 is 2.72 bits per heavy atom. The molecule has 0 saturated heterocycles. The number of thiocarbonyl (C=S) groups is 1. The topological polar surface area (TPSA) is 33.1 Å². The lowest BCUT2D eigenvalue weighted by molar-refractivity contribution is 0.293. The first-order chi connectivity index (χ1) is 12.2. The van der Waals surface area contributed by atoms with Gasteiger partial charge in [-0.25, -0.2) is 0 Å². The van der Waals surface area contributed by atoms with Crippen LogP contribution in [0.2, 0.25) is 5.02 Å². The summed E-state index contributed by atoms with van der Waals surface area (Å²) in [4.78, 5) is 6.51. The molecule has 1 aliphatic rings. The lowest BCUT2D eigenvalue weighted by Gasteiger charge is -2.38. The van der Waals surface area contributed by atoms with Crippen molar-refractivity contribution in [2.45, 2.75) is 12.6 Å². The maximum Gasteiger partial charge on any atom is 0.174 e. The highest BCUT2D eigenvalue weighted by molar-refractivity contribution is 7.80. The number of halogens is 1. The Balaban J connectivity index is 1.65. The first-order valence-electron chi connectivity index (χ1n) is 8.10. The summed E-state index contributed by atoms with van der Waals surface area (Å²) >= 11 is 11.7. The predicted molar refractivity (Wildman–Crippen MR) is 105 cm³/mol. The van der Waals surface area contributed by atoms with E-state index in [1.807, 2.05) is 36.5 Å². The summed E-state index contributed by atoms with van der Waals surface area (Å²) in [6.07, 6.45) is 5.82. The Morgan fingerprint density at radius 2 is 1.96 bits per heavy atom. The second-order valence-corrected chi connectivity index (χ2v) is 6.77. The van der Waals surface area contributed by atoms with E-state index in [-0.39, 0.29) is 6.04 Å². The average Bonchev–Trinajstić information content (AvgIpc) is 3.12. The van der Waals surface area contributed by atoms with Gasteiger partial charge in [-0.1, -0.05) is 17.7 Å². The maximum atomic E-state index is 5.96. The number of nitrogens with zero attached hydrogens (tertiary/aromatic N) is 3. The third-order valence-electron chi connectivity index (χ3n) is 4.39. The van der Waals surface area contributed by atoms with E-state index >= 15 is 0 Å². The van der Waals surface area contributed by atoms with E-state index in [1.54, 1.807) is 6.20 Å². The summed E-state index contributed by atoms with van der Waals surface area (Å²) in [5.41, 5.74) is 3.28. The molecule has 0 saturated carbocycles. The molecule has 0 spiro atoms. The van der Waals surface area contributed by atoms with Gasteiger partial charge in [-0.05, 0) is 60.2 Å². The minimum Gasteiger partial charge on any atom is -0.348 e. The van der Waals surface area contributed by atoms with Crippen molar-refractivity contribution in [2.24, 2.45) is 0 Å². The monoisotopic (exact) mass is 368 g/mol. The fourth-order valence-electron chi connectivity index (χ4n) is 3.22. The van der Waals surface area contributed by atoms with Gasteiger partial charge in [0.15, 0.2) is 5.11 Å². The lowest BCUT2D eigenvalue weighted by Crippen LogP contribution is -2.44. The normalized spacial score (nSPS) is 16.4. The molecule has 0 aliphatic carbocycles. The van der Waals surface area contributed by atoms with Crippen LogP contribution in [0.3, 0.4) is 0 Å². The molecule has 1 aromatic carbocycles. The second kappa shape index (κ2) is 6.86. The third-order valence-corrected chi connectivity index (χ3v) is 4.98. The molecule has 4 nitrogen and oxygen atoms in total. The van der Waals surface area contributed by atoms with Crippen molar-refractivity contribution in [3.05, 3.63) is 83.4 Å². The van der Waals surface area contributed by atoms with Crippen molar-refractivity contribution in [1.82, 2.24) is 14.5 Å². The van der Waals surface area contributed by atoms with Crippen LogP contribution in [0.15, 0.2) is 67.1 Å². The van der Waals surface area contributed by atoms with Crippen LogP contribution in [0, 0.1) is 0 Å². The first kappa shape index (κ1) is 16.1. The van der Waals surface area contributed by atoms with Crippen molar-refractivity contribution < 1.29 is 0 Å². The van der Waals surface area contributed by atoms with E-state index < -0.39 is 0 Å². The number of fused-ring (bicyclic) bond motifs is 1. The molecule has 1 aliphatic heterocycles. The molecule has 0 fully saturated rings. The van der Waals surface area contributed by atoms with Gasteiger partial charge in [-0.3, -0.25) is 4.98 Å². The van der Waals surface area contributed by atoms with Crippen LogP contribution in [0.25, 0.3) is 0 Å². The molecule has 4 rings (SSSR count). The van der Waals surface area contributed by atoms with Crippen molar-refractivity contribution in [1.29, 1.82) is 0 Å². The number of hydrogen-bond acceptors (Lipinski definition) is 2. The average molecular weight is 369 g/mol. The zero-order valence-electron chi connectivity index (χ0n) is 13.5. The van der Waals surface area contributed by atoms with Gasteiger partial charge in [0.1, 0.15) is 0 Å². The molecule has 3 heterocycles. The zero-order valence-corrected chi connectivity index (χ0v) is 15.0. The Labute approximate surface area is 157 Å². The van der Waals surface area contributed by atoms with Crippen LogP contribution in [0.5, 0.6) is 0 Å². The van der Waals surface area contributed by atoms with Crippen LogP contribution in [0.1, 0.15) is 17.3 Å². The van der Waals surface area contributed by atoms with Crippen molar-refractivity contribution >= 4 is 34.6 Å². The van der Waals surface area contributed by atoms with Crippen LogP contribution < -0.4 is 5.32 Å². The molecule has 0 bridgehead atoms. The van der Waals surface area contributed by atoms with E-state index in [0.29, 0.717) is 10.1 Å². The number of anilines is 1. The number of nitrogens with one attached hydrogen (secondary N) is 1. The van der Waals surface area contributed by atoms with Crippen LogP contribution in [-0.2, 0) is 6.54 Å². The van der Waals surface area contributed by atoms with Gasteiger partial charge in [-0.15, -0.1) is 0 Å². The summed E-state index contributed by atoms with van der Waals surface area (Å²) < 4.78 is 2.28. The minimum atomic E-state index is 0.0461. The first-order valence-corrected chi connectivity index (χ1v) is 8.89. The number of aromatic nitrogens is 2. The van der Waals surface area contributed by atoms with E-state index in [1.165, 1.54) is 5.69 Å². The van der Waals surface area contributed by atoms with Gasteiger partial charge in [0.2, 0.25) is 0 Å². The standard InChI is InChI=1S/C19H17ClN4S/c20-15-5-7-16(8-6-15)22-19(25)24-12-11-23-10-2-4-17(23)18(24)14-3-1-9-21-13-14/h1-10,13,18H,11-12H2,(H,22,25)/t18-/m1/s1. The number of rotatable bonds is 2. The summed E-state index contributed by atoms with van der Waals surface area (Å²) in [6, 6.07) is 15.9. The van der Waals surface area contributed by atoms with E-state index in [9.17, 15) is 0 Å². The Morgan fingerprint density at radius 1 is 1.12 bits per heavy atom. The van der Waals surface area contributed by atoms with Crippen molar-refractivity contribution in [3.8, 4) is 0 Å². The van der Waals surface area contributed by atoms with E-state index in [2.05, 4.69) is 44.2 Å². The summed E-state index contributed by atoms with van der Waals surface area (Å²) in [5, 5.41) is 4.74. The zero-order chi connectivity index (χ0) is 17.2. The molecule has 6 heteroatoms. The molecule has 2 aromatic heterocycles. The number of pyridine rings is 1. The van der Waals surface area contributed by atoms with E-state index in [0.717, 1.165) is 24.3 Å². The largest absolute Gasteiger partial charge is 0.348 e. The molecule has 1 atom stereocenters. The second-order valence-electron chi connectivity index (χ2n) is 5.95. The molecular weight excluding hydrogens is 352 g/mol. The van der Waals surface area contributed by atoms with Gasteiger partial charge in [0, 0.05) is 48.1 Å². The quantitative estimate of drug-likeness (QED) is 0.682. The fourth-order valence-corrected chi connectivity index (χ4v) is 3.66. The highest BCUT2D eigenvalue weighted by Crippen LogP contribution is 2.32. The molecule has 0 radical (unpaired) electrons. The molecule has 0 amide bonds. The molecule has 3 aromatic rings. The summed E-state index contributed by atoms with van der Waals surface area (Å²) in [5.74, 6) is 0. The highest BCUT2D eigenvalue weighted by Gasteiger charge is 2.30. The number of benzene rings is 1. The van der Waals surface area contributed by atoms with Gasteiger partial charge >= 0.3 is 0 Å². The fraction of sp³-hybridized carbons (Fsp3) is 0.158. The molecule has 25 heavy (non-hydrogen) atoms. The van der Waals surface area contributed by atoms with Crippen molar-refractivity contribution in [3.63, 3.8) is 0 Å². The van der Waals surface area contributed by atoms with Gasteiger partial charge in [-0.2, -0.15) is 0 Å². The molecule has 1 N–H and O–H groups in total. The van der Waals surface area contributed by atoms with Crippen molar-refractivity contribution in [2.75, 3.05) is 11.9 Å². The summed E-state index contributed by atoms with van der Waals surface area (Å²) in [7, 11) is 0. The molecule has 126 valence electrons. The lowest BCUT2D eigenvalue weighted by atomic mass is 10.0. The highest BCUT2D eigenvalue weighted by atomic mass is 35.5. The number of hydrogen-bond donors (Lipinski definition) is 1. The third kappa shape index (κ3) is 3.25. The van der Waals surface area contributed by atoms with Crippen LogP contribution in [0.4, 0.5) is 5.69 Å². The van der Waals surface area contributed by atoms with E-state index in [4.69, 9.17) is 23.8 Å².